The molecule has 0 radical (unpaired) electrons. The fourth-order valence-corrected chi connectivity index (χ4v) is 1.80. The summed E-state index contributed by atoms with van der Waals surface area (Å²) in [5, 5.41) is 4.91. The Kier molecular flexibility index (Phi) is 3.83. The van der Waals surface area contributed by atoms with Gasteiger partial charge in [0.1, 0.15) is 6.54 Å². The van der Waals surface area contributed by atoms with Crippen molar-refractivity contribution in [2.24, 2.45) is 0 Å². The molecule has 0 saturated carbocycles. The molecule has 17 heavy (non-hydrogen) atoms. The summed E-state index contributed by atoms with van der Waals surface area (Å²) in [4.78, 5) is 16.9. The summed E-state index contributed by atoms with van der Waals surface area (Å²) in [6.45, 7) is 1.67. The molecule has 92 valence electrons. The van der Waals surface area contributed by atoms with Gasteiger partial charge in [0.2, 0.25) is 5.91 Å². The number of anilines is 2. The molecule has 1 aliphatic rings. The largest absolute Gasteiger partial charge is 0.397 e. The average molecular weight is 256 g/mol. The highest BCUT2D eigenvalue weighted by Crippen LogP contribution is 2.22. The molecule has 0 aromatic heterocycles. The maximum Gasteiger partial charge on any atom is 0.241 e. The number of rotatable bonds is 3. The van der Waals surface area contributed by atoms with Crippen LogP contribution in [0.4, 0.5) is 11.4 Å². The predicted octanol–water partition coefficient (Wildman–Crippen LogP) is 1.50. The second-order valence-electron chi connectivity index (χ2n) is 3.83. The number of hydrogen-bond acceptors (Lipinski definition) is 4. The van der Waals surface area contributed by atoms with E-state index in [-0.39, 0.29) is 12.5 Å². The summed E-state index contributed by atoms with van der Waals surface area (Å²) in [6.07, 6.45) is 0.955. The van der Waals surface area contributed by atoms with Crippen LogP contribution in [0.2, 0.25) is 5.02 Å². The molecule has 0 unspecified atom stereocenters. The number of carbonyl (C=O) groups excluding carboxylic acids is 1. The van der Waals surface area contributed by atoms with Crippen LogP contribution in [0.5, 0.6) is 0 Å². The molecule has 1 aliphatic heterocycles. The van der Waals surface area contributed by atoms with Gasteiger partial charge in [0, 0.05) is 11.6 Å². The smallest absolute Gasteiger partial charge is 0.241 e. The lowest BCUT2D eigenvalue weighted by molar-refractivity contribution is -0.137. The van der Waals surface area contributed by atoms with Crippen LogP contribution in [0.15, 0.2) is 18.2 Å². The third-order valence-corrected chi connectivity index (χ3v) is 2.67. The van der Waals surface area contributed by atoms with E-state index < -0.39 is 0 Å². The number of nitrogen functional groups attached to an aromatic ring is 1. The number of hydroxylamine groups is 2. The van der Waals surface area contributed by atoms with Crippen molar-refractivity contribution in [1.29, 1.82) is 0 Å². The molecule has 0 bridgehead atoms. The second-order valence-corrected chi connectivity index (χ2v) is 4.27. The Labute approximate surface area is 104 Å². The Balaban J connectivity index is 1.93. The molecule has 1 amide bonds. The highest BCUT2D eigenvalue weighted by atomic mass is 35.5. The van der Waals surface area contributed by atoms with E-state index in [0.29, 0.717) is 23.0 Å². The van der Waals surface area contributed by atoms with E-state index >= 15 is 0 Å². The van der Waals surface area contributed by atoms with Crippen molar-refractivity contribution in [2.45, 2.75) is 6.42 Å². The van der Waals surface area contributed by atoms with Gasteiger partial charge in [0.15, 0.2) is 0 Å². The van der Waals surface area contributed by atoms with E-state index in [1.54, 1.807) is 23.3 Å². The highest BCUT2D eigenvalue weighted by Gasteiger charge is 2.16. The van der Waals surface area contributed by atoms with Crippen molar-refractivity contribution in [1.82, 2.24) is 5.06 Å². The Hall–Kier alpha value is -1.30. The van der Waals surface area contributed by atoms with Crippen LogP contribution in [-0.2, 0) is 9.63 Å². The van der Waals surface area contributed by atoms with Gasteiger partial charge >= 0.3 is 0 Å². The van der Waals surface area contributed by atoms with Crippen LogP contribution >= 0.6 is 11.6 Å². The summed E-state index contributed by atoms with van der Waals surface area (Å²) >= 11 is 5.77. The molecule has 5 nitrogen and oxygen atoms in total. The second kappa shape index (κ2) is 5.35. The topological polar surface area (TPSA) is 67.6 Å². The molecular weight excluding hydrogens is 242 g/mol. The predicted molar refractivity (Wildman–Crippen MR) is 66.6 cm³/mol. The first-order valence-corrected chi connectivity index (χ1v) is 5.76. The first-order chi connectivity index (χ1) is 8.15. The summed E-state index contributed by atoms with van der Waals surface area (Å²) < 4.78 is 0. The van der Waals surface area contributed by atoms with E-state index in [0.717, 1.165) is 13.0 Å². The summed E-state index contributed by atoms with van der Waals surface area (Å²) in [5.74, 6) is -0.152. The zero-order chi connectivity index (χ0) is 12.3. The van der Waals surface area contributed by atoms with Crippen LogP contribution in [0, 0.1) is 0 Å². The van der Waals surface area contributed by atoms with Crippen molar-refractivity contribution in [3.05, 3.63) is 23.2 Å². The molecule has 0 spiro atoms. The molecule has 1 aromatic rings. The first kappa shape index (κ1) is 12.2. The molecule has 2 rings (SSSR count). The Morgan fingerprint density at radius 3 is 3.06 bits per heavy atom. The van der Waals surface area contributed by atoms with Gasteiger partial charge in [-0.05, 0) is 24.6 Å². The lowest BCUT2D eigenvalue weighted by atomic mass is 10.2. The number of nitrogens with two attached hydrogens (primary N) is 1. The van der Waals surface area contributed by atoms with E-state index in [9.17, 15) is 4.79 Å². The van der Waals surface area contributed by atoms with Crippen molar-refractivity contribution >= 4 is 28.9 Å². The van der Waals surface area contributed by atoms with Crippen molar-refractivity contribution in [2.75, 3.05) is 30.7 Å². The van der Waals surface area contributed by atoms with Crippen molar-refractivity contribution in [3.63, 3.8) is 0 Å². The molecule has 1 aromatic carbocycles. The van der Waals surface area contributed by atoms with Gasteiger partial charge in [-0.2, -0.15) is 5.06 Å². The Bertz CT molecular complexity index is 419. The van der Waals surface area contributed by atoms with Gasteiger partial charge in [0.05, 0.1) is 18.0 Å². The standard InChI is InChI=1S/C11H14ClN3O2/c12-8-2-3-10(9(13)6-8)14-11(16)7-15-4-1-5-17-15/h2-3,6H,1,4-5,7,13H2,(H,14,16). The van der Waals surface area contributed by atoms with Gasteiger partial charge in [-0.3, -0.25) is 9.63 Å². The zero-order valence-corrected chi connectivity index (χ0v) is 10.0. The number of halogens is 1. The molecule has 1 heterocycles. The Morgan fingerprint density at radius 1 is 1.59 bits per heavy atom. The summed E-state index contributed by atoms with van der Waals surface area (Å²) in [6, 6.07) is 4.96. The molecule has 1 saturated heterocycles. The van der Waals surface area contributed by atoms with Crippen LogP contribution in [-0.4, -0.2) is 30.7 Å². The molecule has 3 N–H and O–H groups in total. The quantitative estimate of drug-likeness (QED) is 0.804. The lowest BCUT2D eigenvalue weighted by Crippen LogP contribution is -2.30. The number of carbonyl (C=O) groups is 1. The first-order valence-electron chi connectivity index (χ1n) is 5.38. The Morgan fingerprint density at radius 2 is 2.41 bits per heavy atom. The SMILES string of the molecule is Nc1cc(Cl)ccc1NC(=O)CN1CCCO1. The molecule has 1 fully saturated rings. The van der Waals surface area contributed by atoms with Gasteiger partial charge in [-0.15, -0.1) is 0 Å². The minimum Gasteiger partial charge on any atom is -0.397 e. The molecule has 0 aliphatic carbocycles. The van der Waals surface area contributed by atoms with Gasteiger partial charge < -0.3 is 11.1 Å². The van der Waals surface area contributed by atoms with Gasteiger partial charge in [0.25, 0.3) is 0 Å². The molecular formula is C11H14ClN3O2. The van der Waals surface area contributed by atoms with Crippen LogP contribution in [0.3, 0.4) is 0 Å². The average Bonchev–Trinajstić information content (AvgIpc) is 2.75. The van der Waals surface area contributed by atoms with Gasteiger partial charge in [-0.25, -0.2) is 0 Å². The van der Waals surface area contributed by atoms with E-state index in [2.05, 4.69) is 5.32 Å². The minimum absolute atomic E-state index is 0.152. The third-order valence-electron chi connectivity index (χ3n) is 2.43. The normalized spacial score (nSPS) is 16.1. The van der Waals surface area contributed by atoms with E-state index in [1.807, 2.05) is 0 Å². The third kappa shape index (κ3) is 3.33. The number of nitrogens with zero attached hydrogens (tertiary/aromatic N) is 1. The fraction of sp³-hybridized carbons (Fsp3) is 0.364. The minimum atomic E-state index is -0.152. The summed E-state index contributed by atoms with van der Waals surface area (Å²) in [7, 11) is 0. The summed E-state index contributed by atoms with van der Waals surface area (Å²) in [5.41, 5.74) is 6.75. The maximum atomic E-state index is 11.7. The highest BCUT2D eigenvalue weighted by molar-refractivity contribution is 6.31. The van der Waals surface area contributed by atoms with E-state index in [4.69, 9.17) is 22.2 Å². The lowest BCUT2D eigenvalue weighted by Gasteiger charge is -2.14. The van der Waals surface area contributed by atoms with Gasteiger partial charge in [-0.1, -0.05) is 11.6 Å². The monoisotopic (exact) mass is 255 g/mol. The molecule has 0 atom stereocenters. The number of nitrogens with one attached hydrogen (secondary N) is 1. The number of benzene rings is 1. The van der Waals surface area contributed by atoms with Crippen LogP contribution in [0.25, 0.3) is 0 Å². The van der Waals surface area contributed by atoms with E-state index in [1.165, 1.54) is 0 Å². The maximum absolute atomic E-state index is 11.7. The van der Waals surface area contributed by atoms with Crippen molar-refractivity contribution in [3.8, 4) is 0 Å². The van der Waals surface area contributed by atoms with Crippen LogP contribution < -0.4 is 11.1 Å². The fourth-order valence-electron chi connectivity index (χ4n) is 1.62. The molecule has 6 heteroatoms. The number of amides is 1. The van der Waals surface area contributed by atoms with Crippen LogP contribution in [0.1, 0.15) is 6.42 Å². The van der Waals surface area contributed by atoms with Crippen molar-refractivity contribution < 1.29 is 9.63 Å². The number of hydrogen-bond donors (Lipinski definition) is 2. The zero-order valence-electron chi connectivity index (χ0n) is 9.28.